The average Bonchev–Trinajstić information content (AvgIpc) is 3.33. The Morgan fingerprint density at radius 1 is 0.816 bits per heavy atom. The van der Waals surface area contributed by atoms with Crippen LogP contribution in [0.25, 0.3) is 0 Å². The number of fused-ring (bicyclic) bond motifs is 2. The van der Waals surface area contributed by atoms with Crippen molar-refractivity contribution in [2.24, 2.45) is 10.8 Å². The minimum absolute atomic E-state index is 0.000362. The van der Waals surface area contributed by atoms with E-state index >= 15 is 0 Å². The summed E-state index contributed by atoms with van der Waals surface area (Å²) < 4.78 is 19.1. The Bertz CT molecular complexity index is 1710. The number of hydrogen-bond donors (Lipinski definition) is 3. The van der Waals surface area contributed by atoms with Crippen molar-refractivity contribution in [3.8, 4) is 11.5 Å². The number of ether oxygens (including phenoxy) is 3. The van der Waals surface area contributed by atoms with Gasteiger partial charge in [0.15, 0.2) is 6.29 Å². The summed E-state index contributed by atoms with van der Waals surface area (Å²) in [5, 5.41) is 15.4. The molecule has 5 unspecified atom stereocenters. The predicted molar refractivity (Wildman–Crippen MR) is 192 cm³/mol. The van der Waals surface area contributed by atoms with Crippen LogP contribution in [0.5, 0.6) is 11.5 Å². The third-order valence-corrected chi connectivity index (χ3v) is 10.1. The molecule has 0 aromatic heterocycles. The van der Waals surface area contributed by atoms with Crippen LogP contribution in [0, 0.1) is 10.8 Å². The first-order valence-corrected chi connectivity index (χ1v) is 17.4. The molecule has 0 spiro atoms. The topological polar surface area (TPSA) is 92.3 Å². The number of carbonyl (C=O) groups is 1. The van der Waals surface area contributed by atoms with Crippen LogP contribution in [0.2, 0.25) is 0 Å². The molecule has 3 aliphatic rings. The molecular weight excluding hydrogens is 614 g/mol. The first-order valence-electron chi connectivity index (χ1n) is 17.4. The van der Waals surface area contributed by atoms with Gasteiger partial charge in [0.1, 0.15) is 11.5 Å². The number of aliphatic hydroxyl groups excluding tert-OH is 1. The van der Waals surface area contributed by atoms with Gasteiger partial charge in [-0.3, -0.25) is 4.90 Å². The lowest BCUT2D eigenvalue weighted by molar-refractivity contribution is -0.253. The number of nitrogens with zero attached hydrogens (tertiary/aromatic N) is 1. The van der Waals surface area contributed by atoms with E-state index in [4.69, 9.17) is 14.2 Å². The summed E-state index contributed by atoms with van der Waals surface area (Å²) in [4.78, 5) is 15.5. The summed E-state index contributed by atoms with van der Waals surface area (Å²) in [6.45, 7) is 9.27. The molecule has 256 valence electrons. The summed E-state index contributed by atoms with van der Waals surface area (Å²) in [7, 11) is 0. The van der Waals surface area contributed by atoms with Crippen molar-refractivity contribution < 1.29 is 24.1 Å². The number of carbonyl (C=O) groups excluding carboxylic acids is 1. The van der Waals surface area contributed by atoms with Gasteiger partial charge in [0.2, 0.25) is 0 Å². The summed E-state index contributed by atoms with van der Waals surface area (Å²) in [6, 6.07) is 32.7. The number of anilines is 2. The van der Waals surface area contributed by atoms with Crippen molar-refractivity contribution in [2.45, 2.75) is 77.6 Å². The predicted octanol–water partition coefficient (Wildman–Crippen LogP) is 9.06. The Labute approximate surface area is 289 Å². The lowest BCUT2D eigenvalue weighted by Gasteiger charge is -2.41. The molecule has 2 saturated heterocycles. The summed E-state index contributed by atoms with van der Waals surface area (Å²) in [6.07, 6.45) is 3.81. The molecule has 7 rings (SSSR count). The van der Waals surface area contributed by atoms with Crippen LogP contribution in [-0.4, -0.2) is 41.3 Å². The minimum Gasteiger partial charge on any atom is -0.457 e. The second kappa shape index (κ2) is 14.0. The van der Waals surface area contributed by atoms with Gasteiger partial charge in [0.25, 0.3) is 0 Å². The highest BCUT2D eigenvalue weighted by Gasteiger charge is 2.50. The van der Waals surface area contributed by atoms with Crippen molar-refractivity contribution in [3.05, 3.63) is 120 Å². The molecule has 3 fully saturated rings. The average molecular weight is 662 g/mol. The van der Waals surface area contributed by atoms with E-state index in [9.17, 15) is 9.90 Å². The second-order valence-electron chi connectivity index (χ2n) is 15.1. The fraction of sp³-hybridized carbons (Fsp3) is 0.390. The maximum absolute atomic E-state index is 12.8. The monoisotopic (exact) mass is 661 g/mol. The molecule has 1 saturated carbocycles. The molecule has 4 aromatic carbocycles. The van der Waals surface area contributed by atoms with Gasteiger partial charge in [-0.2, -0.15) is 0 Å². The van der Waals surface area contributed by atoms with Crippen molar-refractivity contribution in [2.75, 3.05) is 23.7 Å². The maximum Gasteiger partial charge on any atom is 0.323 e. The van der Waals surface area contributed by atoms with Crippen LogP contribution in [0.15, 0.2) is 103 Å². The van der Waals surface area contributed by atoms with Crippen LogP contribution in [0.4, 0.5) is 16.2 Å². The number of benzene rings is 4. The SMILES string of the molecule is CC1(C)CC2CC(C)(CN2CC2CC(c3ccc(CO)cc3)OC(c3ccc(NC(=O)Nc4ccc(Oc5ccccc5)cc4)cc3)O2)C1. The lowest BCUT2D eigenvalue weighted by atomic mass is 9.65. The standard InChI is InChI=1S/C41H47N3O5/c1-40(2)22-33-23-41(3,26-40)27-44(33)24-36-21-37(29-11-9-28(25-45)10-12-29)49-38(48-36)30-13-15-31(16-14-30)42-39(46)43-32-17-19-35(20-18-32)47-34-7-5-4-6-8-34/h4-20,33,36-38,45H,21-27H2,1-3H3,(H2,42,43,46). The molecule has 2 aliphatic heterocycles. The lowest BCUT2D eigenvalue weighted by Crippen LogP contribution is -2.42. The van der Waals surface area contributed by atoms with Crippen LogP contribution < -0.4 is 15.4 Å². The normalized spacial score (nSPS) is 26.2. The van der Waals surface area contributed by atoms with E-state index in [0.29, 0.717) is 34.0 Å². The molecule has 8 nitrogen and oxygen atoms in total. The van der Waals surface area contributed by atoms with Crippen LogP contribution >= 0.6 is 0 Å². The highest BCUT2D eigenvalue weighted by Crippen LogP contribution is 2.53. The first kappa shape index (κ1) is 33.3. The summed E-state index contributed by atoms with van der Waals surface area (Å²) >= 11 is 0. The Balaban J connectivity index is 1.00. The summed E-state index contributed by atoms with van der Waals surface area (Å²) in [5.74, 6) is 1.44. The van der Waals surface area contributed by atoms with E-state index in [1.807, 2.05) is 78.9 Å². The highest BCUT2D eigenvalue weighted by molar-refractivity contribution is 5.99. The molecular formula is C41H47N3O5. The number of rotatable bonds is 9. The quantitative estimate of drug-likeness (QED) is 0.166. The molecule has 4 aromatic rings. The Morgan fingerprint density at radius 2 is 1.45 bits per heavy atom. The van der Waals surface area contributed by atoms with E-state index < -0.39 is 6.29 Å². The molecule has 49 heavy (non-hydrogen) atoms. The van der Waals surface area contributed by atoms with Crippen LogP contribution in [0.3, 0.4) is 0 Å². The van der Waals surface area contributed by atoms with Crippen molar-refractivity contribution in [1.29, 1.82) is 0 Å². The number of aliphatic hydroxyl groups is 1. The molecule has 0 radical (unpaired) electrons. The van der Waals surface area contributed by atoms with Gasteiger partial charge in [0.05, 0.1) is 18.8 Å². The third-order valence-electron chi connectivity index (χ3n) is 10.1. The fourth-order valence-electron chi connectivity index (χ4n) is 8.33. The number of likely N-dealkylation sites (tertiary alicyclic amines) is 1. The molecule has 2 bridgehead atoms. The zero-order chi connectivity index (χ0) is 34.0. The van der Waals surface area contributed by atoms with E-state index in [1.165, 1.54) is 19.3 Å². The number of nitrogens with one attached hydrogen (secondary N) is 2. The Morgan fingerprint density at radius 3 is 2.12 bits per heavy atom. The smallest absolute Gasteiger partial charge is 0.323 e. The Kier molecular flexibility index (Phi) is 9.48. The zero-order valence-corrected chi connectivity index (χ0v) is 28.6. The van der Waals surface area contributed by atoms with E-state index in [-0.39, 0.29) is 24.8 Å². The van der Waals surface area contributed by atoms with Gasteiger partial charge in [-0.05, 0) is 89.8 Å². The molecule has 3 N–H and O–H groups in total. The zero-order valence-electron chi connectivity index (χ0n) is 28.6. The summed E-state index contributed by atoms with van der Waals surface area (Å²) in [5.41, 5.74) is 4.89. The fourth-order valence-corrected chi connectivity index (χ4v) is 8.33. The Hall–Kier alpha value is -4.21. The van der Waals surface area contributed by atoms with Crippen molar-refractivity contribution in [3.63, 3.8) is 0 Å². The maximum atomic E-state index is 12.8. The molecule has 2 amide bonds. The number of para-hydroxylation sites is 1. The number of amides is 2. The molecule has 1 aliphatic carbocycles. The van der Waals surface area contributed by atoms with Gasteiger partial charge in [0, 0.05) is 42.5 Å². The molecule has 2 heterocycles. The van der Waals surface area contributed by atoms with E-state index in [0.717, 1.165) is 42.0 Å². The van der Waals surface area contributed by atoms with Gasteiger partial charge in [-0.25, -0.2) is 4.79 Å². The van der Waals surface area contributed by atoms with Crippen molar-refractivity contribution in [1.82, 2.24) is 4.90 Å². The van der Waals surface area contributed by atoms with E-state index in [2.05, 4.69) is 48.4 Å². The van der Waals surface area contributed by atoms with Crippen LogP contribution in [-0.2, 0) is 16.1 Å². The van der Waals surface area contributed by atoms with Gasteiger partial charge < -0.3 is 30.0 Å². The third kappa shape index (κ3) is 8.16. The highest BCUT2D eigenvalue weighted by atomic mass is 16.7. The number of urea groups is 1. The van der Waals surface area contributed by atoms with Gasteiger partial charge in [-0.15, -0.1) is 0 Å². The first-order chi connectivity index (χ1) is 23.6. The van der Waals surface area contributed by atoms with Gasteiger partial charge in [-0.1, -0.05) is 75.4 Å². The molecule has 8 heteroatoms. The van der Waals surface area contributed by atoms with Gasteiger partial charge >= 0.3 is 6.03 Å². The number of hydrogen-bond acceptors (Lipinski definition) is 6. The molecule has 5 atom stereocenters. The van der Waals surface area contributed by atoms with Crippen LogP contribution in [0.1, 0.15) is 75.5 Å². The largest absolute Gasteiger partial charge is 0.457 e. The van der Waals surface area contributed by atoms with E-state index in [1.54, 1.807) is 12.1 Å². The minimum atomic E-state index is -0.547. The van der Waals surface area contributed by atoms with Crippen molar-refractivity contribution >= 4 is 17.4 Å². The second-order valence-corrected chi connectivity index (χ2v) is 15.1.